The molecule has 1 nitrogen and oxygen atoms in total. The Morgan fingerprint density at radius 1 is 0.619 bits per heavy atom. The molecule has 120 valence electrons. The molecule has 4 saturated carbocycles. The molecule has 4 aliphatic carbocycles. The SMILES string of the molecule is OCCCCCCCCC1CCC2C(C1)C1C3CCC3C21. The van der Waals surface area contributed by atoms with Crippen molar-refractivity contribution in [3.63, 3.8) is 0 Å². The predicted molar refractivity (Wildman–Crippen MR) is 86.9 cm³/mol. The van der Waals surface area contributed by atoms with E-state index in [4.69, 9.17) is 5.11 Å². The van der Waals surface area contributed by atoms with Crippen molar-refractivity contribution in [3.8, 4) is 0 Å². The molecule has 4 rings (SSSR count). The van der Waals surface area contributed by atoms with Crippen LogP contribution in [0, 0.1) is 41.4 Å². The molecule has 0 aromatic rings. The molecule has 0 amide bonds. The first-order valence-corrected chi connectivity index (χ1v) is 10.0. The lowest BCUT2D eigenvalue weighted by molar-refractivity contribution is -0.264. The molecule has 1 heteroatoms. The number of rotatable bonds is 8. The van der Waals surface area contributed by atoms with E-state index in [1.165, 1.54) is 74.0 Å². The lowest BCUT2D eigenvalue weighted by Gasteiger charge is -2.74. The molecule has 0 aromatic carbocycles. The van der Waals surface area contributed by atoms with E-state index in [0.717, 1.165) is 12.3 Å². The van der Waals surface area contributed by atoms with E-state index in [-0.39, 0.29) is 0 Å². The number of aliphatic hydroxyl groups excluding tert-OH is 1. The van der Waals surface area contributed by atoms with E-state index in [0.29, 0.717) is 6.61 Å². The summed E-state index contributed by atoms with van der Waals surface area (Å²) in [5.41, 5.74) is 0. The van der Waals surface area contributed by atoms with Crippen LogP contribution < -0.4 is 0 Å². The van der Waals surface area contributed by atoms with Crippen LogP contribution in [0.1, 0.15) is 77.0 Å². The van der Waals surface area contributed by atoms with Crippen molar-refractivity contribution in [1.82, 2.24) is 0 Å². The maximum absolute atomic E-state index is 8.77. The van der Waals surface area contributed by atoms with Gasteiger partial charge in [0.05, 0.1) is 0 Å². The molecule has 7 atom stereocenters. The summed E-state index contributed by atoms with van der Waals surface area (Å²) in [6.07, 6.45) is 17.4. The molecular formula is C20H34O. The van der Waals surface area contributed by atoms with Crippen LogP contribution in [0.4, 0.5) is 0 Å². The average Bonchev–Trinajstić information content (AvgIpc) is 2.48. The third-order valence-electron chi connectivity index (χ3n) is 7.89. The van der Waals surface area contributed by atoms with Gasteiger partial charge in [0.2, 0.25) is 0 Å². The number of unbranched alkanes of at least 4 members (excludes halogenated alkanes) is 5. The van der Waals surface area contributed by atoms with Crippen LogP contribution in [-0.4, -0.2) is 11.7 Å². The summed E-state index contributed by atoms with van der Waals surface area (Å²) < 4.78 is 0. The van der Waals surface area contributed by atoms with Gasteiger partial charge < -0.3 is 5.11 Å². The molecule has 4 aliphatic rings. The summed E-state index contributed by atoms with van der Waals surface area (Å²) in [6.45, 7) is 0.384. The molecule has 7 unspecified atom stereocenters. The van der Waals surface area contributed by atoms with Gasteiger partial charge in [-0.25, -0.2) is 0 Å². The van der Waals surface area contributed by atoms with Crippen molar-refractivity contribution in [2.45, 2.75) is 77.0 Å². The summed E-state index contributed by atoms with van der Waals surface area (Å²) in [6, 6.07) is 0. The predicted octanol–water partition coefficient (Wildman–Crippen LogP) is 5.03. The highest BCUT2D eigenvalue weighted by Gasteiger charge is 2.68. The van der Waals surface area contributed by atoms with E-state index in [9.17, 15) is 0 Å². The second-order valence-corrected chi connectivity index (χ2v) is 8.70. The molecule has 21 heavy (non-hydrogen) atoms. The van der Waals surface area contributed by atoms with Gasteiger partial charge in [0.25, 0.3) is 0 Å². The van der Waals surface area contributed by atoms with E-state index < -0.39 is 0 Å². The fraction of sp³-hybridized carbons (Fsp3) is 1.00. The second-order valence-electron chi connectivity index (χ2n) is 8.70. The van der Waals surface area contributed by atoms with Crippen LogP contribution in [0.15, 0.2) is 0 Å². The van der Waals surface area contributed by atoms with Crippen LogP contribution in [0.3, 0.4) is 0 Å². The van der Waals surface area contributed by atoms with Gasteiger partial charge in [-0.1, -0.05) is 44.9 Å². The van der Waals surface area contributed by atoms with Gasteiger partial charge in [-0.05, 0) is 73.5 Å². The zero-order chi connectivity index (χ0) is 14.2. The summed E-state index contributed by atoms with van der Waals surface area (Å²) in [5.74, 6) is 8.32. The maximum atomic E-state index is 8.77. The summed E-state index contributed by atoms with van der Waals surface area (Å²) >= 11 is 0. The van der Waals surface area contributed by atoms with Crippen molar-refractivity contribution in [2.24, 2.45) is 41.4 Å². The fourth-order valence-electron chi connectivity index (χ4n) is 6.75. The van der Waals surface area contributed by atoms with Gasteiger partial charge in [0, 0.05) is 6.61 Å². The Bertz CT molecular complexity index is 346. The van der Waals surface area contributed by atoms with E-state index >= 15 is 0 Å². The first-order valence-electron chi connectivity index (χ1n) is 10.0. The van der Waals surface area contributed by atoms with Gasteiger partial charge in [-0.3, -0.25) is 0 Å². The molecule has 0 aliphatic heterocycles. The molecule has 0 bridgehead atoms. The van der Waals surface area contributed by atoms with E-state index in [1.807, 2.05) is 0 Å². The number of hydrogen-bond acceptors (Lipinski definition) is 1. The second kappa shape index (κ2) is 6.22. The fourth-order valence-corrected chi connectivity index (χ4v) is 6.75. The third-order valence-corrected chi connectivity index (χ3v) is 7.89. The Labute approximate surface area is 130 Å². The van der Waals surface area contributed by atoms with Crippen LogP contribution in [0.5, 0.6) is 0 Å². The van der Waals surface area contributed by atoms with Crippen LogP contribution in [-0.2, 0) is 0 Å². The monoisotopic (exact) mass is 290 g/mol. The van der Waals surface area contributed by atoms with Gasteiger partial charge in [-0.2, -0.15) is 0 Å². The topological polar surface area (TPSA) is 20.2 Å². The normalized spacial score (nSPS) is 46.4. The lowest BCUT2D eigenvalue weighted by atomic mass is 9.30. The quantitative estimate of drug-likeness (QED) is 0.622. The Morgan fingerprint density at radius 2 is 1.19 bits per heavy atom. The standard InChI is InChI=1S/C20H34O/c21-12-6-4-2-1-3-5-7-14-8-9-17-18(13-14)20-16-11-10-15(16)19(17)20/h14-21H,1-13H2. The van der Waals surface area contributed by atoms with Crippen LogP contribution in [0.2, 0.25) is 0 Å². The summed E-state index contributed by atoms with van der Waals surface area (Å²) in [4.78, 5) is 0. The minimum atomic E-state index is 0.384. The summed E-state index contributed by atoms with van der Waals surface area (Å²) in [7, 11) is 0. The number of aliphatic hydroxyl groups is 1. The molecule has 0 aromatic heterocycles. The van der Waals surface area contributed by atoms with Gasteiger partial charge >= 0.3 is 0 Å². The number of hydrogen-bond donors (Lipinski definition) is 1. The molecule has 0 spiro atoms. The zero-order valence-electron chi connectivity index (χ0n) is 13.7. The first kappa shape index (κ1) is 14.5. The molecule has 0 heterocycles. The average molecular weight is 290 g/mol. The van der Waals surface area contributed by atoms with Crippen molar-refractivity contribution in [3.05, 3.63) is 0 Å². The minimum absolute atomic E-state index is 0.384. The maximum Gasteiger partial charge on any atom is 0.0431 e. The highest BCUT2D eigenvalue weighted by molar-refractivity contribution is 5.16. The molecule has 1 N–H and O–H groups in total. The Kier molecular flexibility index (Phi) is 4.31. The van der Waals surface area contributed by atoms with E-state index in [1.54, 1.807) is 32.1 Å². The van der Waals surface area contributed by atoms with Crippen molar-refractivity contribution < 1.29 is 5.11 Å². The number of fused-ring (bicyclic) bond motifs is 7. The highest BCUT2D eigenvalue weighted by Crippen LogP contribution is 2.74. The van der Waals surface area contributed by atoms with Gasteiger partial charge in [0.15, 0.2) is 0 Å². The highest BCUT2D eigenvalue weighted by atomic mass is 16.2. The largest absolute Gasteiger partial charge is 0.396 e. The smallest absolute Gasteiger partial charge is 0.0431 e. The third kappa shape index (κ3) is 2.48. The van der Waals surface area contributed by atoms with Gasteiger partial charge in [0.1, 0.15) is 0 Å². The van der Waals surface area contributed by atoms with Crippen LogP contribution >= 0.6 is 0 Å². The molecule has 0 saturated heterocycles. The van der Waals surface area contributed by atoms with Crippen molar-refractivity contribution in [2.75, 3.05) is 6.61 Å². The minimum Gasteiger partial charge on any atom is -0.396 e. The van der Waals surface area contributed by atoms with Crippen LogP contribution in [0.25, 0.3) is 0 Å². The first-order chi connectivity index (χ1) is 10.4. The molecule has 0 radical (unpaired) electrons. The Hall–Kier alpha value is -0.0400. The van der Waals surface area contributed by atoms with Crippen molar-refractivity contribution >= 4 is 0 Å². The van der Waals surface area contributed by atoms with E-state index in [2.05, 4.69) is 0 Å². The van der Waals surface area contributed by atoms with Crippen molar-refractivity contribution in [1.29, 1.82) is 0 Å². The Morgan fingerprint density at radius 3 is 1.90 bits per heavy atom. The molecular weight excluding hydrogens is 256 g/mol. The molecule has 4 fully saturated rings. The summed E-state index contributed by atoms with van der Waals surface area (Å²) in [5, 5.41) is 8.77. The zero-order valence-corrected chi connectivity index (χ0v) is 13.7. The Balaban J connectivity index is 1.11. The van der Waals surface area contributed by atoms with Gasteiger partial charge in [-0.15, -0.1) is 0 Å². The lowest BCUT2D eigenvalue weighted by Crippen LogP contribution is -2.69.